The molecule has 3 aromatic carbocycles. The Hall–Kier alpha value is -3.67. The molecule has 0 spiro atoms. The summed E-state index contributed by atoms with van der Waals surface area (Å²) in [5, 5.41) is 3.20. The second kappa shape index (κ2) is 14.5. The number of ether oxygens (including phenoxy) is 3. The molecular weight excluding hydrogens is 605 g/mol. The summed E-state index contributed by atoms with van der Waals surface area (Å²) in [7, 11) is 1.20. The molecule has 0 radical (unpaired) electrons. The van der Waals surface area contributed by atoms with Crippen molar-refractivity contribution in [1.82, 2.24) is 10.2 Å². The molecule has 2 amide bonds. The van der Waals surface area contributed by atoms with E-state index in [0.29, 0.717) is 16.3 Å². The summed E-state index contributed by atoms with van der Waals surface area (Å²) in [6.45, 7) is 1.03. The molecular formula is C29H33Cl2N3O7S. The molecule has 42 heavy (non-hydrogen) atoms. The Labute approximate surface area is 256 Å². The van der Waals surface area contributed by atoms with Crippen LogP contribution in [-0.2, 0) is 26.2 Å². The van der Waals surface area contributed by atoms with Gasteiger partial charge in [-0.1, -0.05) is 48.3 Å². The molecule has 0 heterocycles. The van der Waals surface area contributed by atoms with Crippen LogP contribution in [0.1, 0.15) is 18.9 Å². The summed E-state index contributed by atoms with van der Waals surface area (Å²) >= 11 is 12.7. The minimum Gasteiger partial charge on any atom is -0.495 e. The largest absolute Gasteiger partial charge is 0.495 e. The van der Waals surface area contributed by atoms with Crippen molar-refractivity contribution < 1.29 is 32.2 Å². The average Bonchev–Trinajstić information content (AvgIpc) is 2.99. The van der Waals surface area contributed by atoms with Crippen LogP contribution in [-0.4, -0.2) is 66.1 Å². The zero-order valence-corrected chi connectivity index (χ0v) is 26.2. The van der Waals surface area contributed by atoms with Crippen LogP contribution in [0.15, 0.2) is 65.6 Å². The van der Waals surface area contributed by atoms with Crippen LogP contribution in [0.4, 0.5) is 5.69 Å². The van der Waals surface area contributed by atoms with E-state index in [-0.39, 0.29) is 40.1 Å². The lowest BCUT2D eigenvalue weighted by atomic mass is 10.1. The van der Waals surface area contributed by atoms with Crippen molar-refractivity contribution in [2.75, 3.05) is 39.2 Å². The van der Waals surface area contributed by atoms with Gasteiger partial charge in [0.1, 0.15) is 18.3 Å². The zero-order chi connectivity index (χ0) is 31.0. The second-order valence-electron chi connectivity index (χ2n) is 9.00. The fourth-order valence-corrected chi connectivity index (χ4v) is 6.17. The van der Waals surface area contributed by atoms with Crippen LogP contribution in [0.5, 0.6) is 17.2 Å². The van der Waals surface area contributed by atoms with Crippen LogP contribution in [0.2, 0.25) is 10.0 Å². The van der Waals surface area contributed by atoms with E-state index in [0.717, 1.165) is 4.31 Å². The highest BCUT2D eigenvalue weighted by atomic mass is 35.5. The van der Waals surface area contributed by atoms with Crippen molar-refractivity contribution in [3.63, 3.8) is 0 Å². The molecule has 3 rings (SSSR count). The molecule has 0 bridgehead atoms. The lowest BCUT2D eigenvalue weighted by Crippen LogP contribution is -2.51. The van der Waals surface area contributed by atoms with Gasteiger partial charge >= 0.3 is 0 Å². The Morgan fingerprint density at radius 1 is 0.905 bits per heavy atom. The zero-order valence-electron chi connectivity index (χ0n) is 23.9. The van der Waals surface area contributed by atoms with Gasteiger partial charge in [0.15, 0.2) is 11.5 Å². The quantitative estimate of drug-likeness (QED) is 0.287. The standard InChI is InChI=1S/C29H33Cl2N3O7S/c1-6-23(29(36)32-2)33(17-19-9-7-8-10-22(19)31)28(35)18-34(24-15-20(30)11-13-25(24)39-3)42(37,38)21-12-14-26(40-4)27(16-21)41-5/h7-16,23H,6,17-18H2,1-5H3,(H,32,36)/t23-/m0/s1. The van der Waals surface area contributed by atoms with Crippen molar-refractivity contribution in [3.05, 3.63) is 76.3 Å². The number of nitrogens with one attached hydrogen (secondary N) is 1. The van der Waals surface area contributed by atoms with Gasteiger partial charge in [0, 0.05) is 29.7 Å². The number of hydrogen-bond acceptors (Lipinski definition) is 7. The monoisotopic (exact) mass is 637 g/mol. The Morgan fingerprint density at radius 2 is 1.55 bits per heavy atom. The lowest BCUT2D eigenvalue weighted by Gasteiger charge is -2.33. The smallest absolute Gasteiger partial charge is 0.265 e. The van der Waals surface area contributed by atoms with Crippen LogP contribution in [0, 0.1) is 0 Å². The first-order valence-electron chi connectivity index (χ1n) is 12.8. The number of likely N-dealkylation sites (N-methyl/N-ethyl adjacent to an activating group) is 1. The van der Waals surface area contributed by atoms with Gasteiger partial charge in [-0.3, -0.25) is 13.9 Å². The van der Waals surface area contributed by atoms with E-state index in [1.54, 1.807) is 31.2 Å². The predicted octanol–water partition coefficient (Wildman–Crippen LogP) is 4.77. The van der Waals surface area contributed by atoms with Crippen molar-refractivity contribution in [2.45, 2.75) is 30.8 Å². The molecule has 0 aliphatic heterocycles. The lowest BCUT2D eigenvalue weighted by molar-refractivity contribution is -0.140. The fraction of sp³-hybridized carbons (Fsp3) is 0.310. The summed E-state index contributed by atoms with van der Waals surface area (Å²) in [5.74, 6) is -0.410. The van der Waals surface area contributed by atoms with E-state index in [1.165, 1.54) is 69.7 Å². The van der Waals surface area contributed by atoms with Crippen molar-refractivity contribution in [2.24, 2.45) is 0 Å². The van der Waals surface area contributed by atoms with E-state index in [1.807, 2.05) is 0 Å². The number of hydrogen-bond donors (Lipinski definition) is 1. The number of halogens is 2. The number of nitrogens with zero attached hydrogens (tertiary/aromatic N) is 2. The maximum Gasteiger partial charge on any atom is 0.265 e. The molecule has 10 nitrogen and oxygen atoms in total. The third-order valence-corrected chi connectivity index (χ3v) is 8.92. The van der Waals surface area contributed by atoms with Gasteiger partial charge in [-0.15, -0.1) is 0 Å². The van der Waals surface area contributed by atoms with E-state index in [2.05, 4.69) is 5.32 Å². The minimum absolute atomic E-state index is 0.0267. The van der Waals surface area contributed by atoms with Gasteiger partial charge in [-0.2, -0.15) is 0 Å². The highest BCUT2D eigenvalue weighted by Crippen LogP contribution is 2.37. The Balaban J connectivity index is 2.19. The van der Waals surface area contributed by atoms with E-state index >= 15 is 0 Å². The Kier molecular flexibility index (Phi) is 11.3. The first-order valence-corrected chi connectivity index (χ1v) is 15.0. The number of amides is 2. The van der Waals surface area contributed by atoms with Gasteiger partial charge in [-0.05, 0) is 48.4 Å². The summed E-state index contributed by atoms with van der Waals surface area (Å²) in [6, 6.07) is 14.5. The van der Waals surface area contributed by atoms with Crippen LogP contribution >= 0.6 is 23.2 Å². The minimum atomic E-state index is -4.44. The van der Waals surface area contributed by atoms with E-state index < -0.39 is 34.4 Å². The molecule has 0 unspecified atom stereocenters. The number of carbonyl (C=O) groups is 2. The molecule has 0 saturated heterocycles. The second-order valence-corrected chi connectivity index (χ2v) is 11.7. The molecule has 0 saturated carbocycles. The highest BCUT2D eigenvalue weighted by molar-refractivity contribution is 7.92. The molecule has 1 atom stereocenters. The molecule has 0 aromatic heterocycles. The summed E-state index contributed by atoms with van der Waals surface area (Å²) in [6.07, 6.45) is 0.263. The van der Waals surface area contributed by atoms with Gasteiger partial charge < -0.3 is 24.4 Å². The van der Waals surface area contributed by atoms with Crippen LogP contribution < -0.4 is 23.8 Å². The molecule has 226 valence electrons. The molecule has 13 heteroatoms. The van der Waals surface area contributed by atoms with Crippen molar-refractivity contribution in [3.8, 4) is 17.2 Å². The molecule has 0 aliphatic rings. The Bertz CT molecular complexity index is 1540. The number of anilines is 1. The third-order valence-electron chi connectivity index (χ3n) is 6.56. The summed E-state index contributed by atoms with van der Waals surface area (Å²) < 4.78 is 45.4. The van der Waals surface area contributed by atoms with Gasteiger partial charge in [0.2, 0.25) is 11.8 Å². The predicted molar refractivity (Wildman–Crippen MR) is 162 cm³/mol. The van der Waals surface area contributed by atoms with Crippen LogP contribution in [0.25, 0.3) is 0 Å². The van der Waals surface area contributed by atoms with E-state index in [9.17, 15) is 18.0 Å². The molecule has 0 aliphatic carbocycles. The summed E-state index contributed by atoms with van der Waals surface area (Å²) in [5.41, 5.74) is 0.614. The Morgan fingerprint density at radius 3 is 2.14 bits per heavy atom. The third kappa shape index (κ3) is 7.21. The number of benzene rings is 3. The SMILES string of the molecule is CC[C@@H](C(=O)NC)N(Cc1ccccc1Cl)C(=O)CN(c1cc(Cl)ccc1OC)S(=O)(=O)c1ccc(OC)c(OC)c1. The maximum atomic E-state index is 14.2. The van der Waals surface area contributed by atoms with E-state index in [4.69, 9.17) is 37.4 Å². The maximum absolute atomic E-state index is 14.2. The van der Waals surface area contributed by atoms with Gasteiger partial charge in [0.05, 0.1) is 31.9 Å². The number of carbonyl (C=O) groups excluding carboxylic acids is 2. The number of rotatable bonds is 13. The van der Waals surface area contributed by atoms with Crippen LogP contribution in [0.3, 0.4) is 0 Å². The van der Waals surface area contributed by atoms with Crippen molar-refractivity contribution >= 4 is 50.7 Å². The highest BCUT2D eigenvalue weighted by Gasteiger charge is 2.35. The summed E-state index contributed by atoms with van der Waals surface area (Å²) in [4.78, 5) is 28.1. The molecule has 3 aromatic rings. The number of sulfonamides is 1. The fourth-order valence-electron chi connectivity index (χ4n) is 4.37. The van der Waals surface area contributed by atoms with Gasteiger partial charge in [0.25, 0.3) is 10.0 Å². The topological polar surface area (TPSA) is 114 Å². The average molecular weight is 639 g/mol. The first kappa shape index (κ1) is 32.8. The normalized spacial score (nSPS) is 11.8. The van der Waals surface area contributed by atoms with Gasteiger partial charge in [-0.25, -0.2) is 8.42 Å². The number of methoxy groups -OCH3 is 3. The molecule has 0 fully saturated rings. The molecule has 1 N–H and O–H groups in total. The van der Waals surface area contributed by atoms with Crippen molar-refractivity contribution in [1.29, 1.82) is 0 Å². The first-order chi connectivity index (χ1) is 20.0.